The van der Waals surface area contributed by atoms with Gasteiger partial charge in [0.05, 0.1) is 0 Å². The number of aromatic nitrogens is 1. The number of aryl methyl sites for hydroxylation is 1. The van der Waals surface area contributed by atoms with Crippen molar-refractivity contribution in [2.75, 3.05) is 18.0 Å². The predicted molar refractivity (Wildman–Crippen MR) is 84.4 cm³/mol. The number of nitrogens with one attached hydrogen (secondary N) is 1. The number of amidine groups is 1. The lowest BCUT2D eigenvalue weighted by molar-refractivity contribution is 0.198. The summed E-state index contributed by atoms with van der Waals surface area (Å²) >= 11 is 0. The number of nitrogen functional groups attached to an aromatic ring is 1. The molecule has 1 aromatic rings. The molecule has 1 aliphatic rings. The molecule has 2 rings (SSSR count). The summed E-state index contributed by atoms with van der Waals surface area (Å²) in [6, 6.07) is 3.81. The average Bonchev–Trinajstić information content (AvgIpc) is 2.37. The molecule has 0 aromatic carbocycles. The van der Waals surface area contributed by atoms with Gasteiger partial charge in [-0.1, -0.05) is 20.8 Å². The van der Waals surface area contributed by atoms with Crippen molar-refractivity contribution in [1.29, 1.82) is 5.41 Å². The maximum absolute atomic E-state index is 7.59. The molecule has 4 heteroatoms. The third-order valence-corrected chi connectivity index (χ3v) is 4.29. The van der Waals surface area contributed by atoms with Crippen LogP contribution in [0.15, 0.2) is 12.1 Å². The quantitative estimate of drug-likeness (QED) is 0.643. The molecule has 2 heterocycles. The lowest BCUT2D eigenvalue weighted by Crippen LogP contribution is -2.38. The third kappa shape index (κ3) is 3.30. The zero-order valence-electron chi connectivity index (χ0n) is 13.0. The Bertz CT molecular complexity index is 494. The number of anilines is 1. The summed E-state index contributed by atoms with van der Waals surface area (Å²) in [5.74, 6) is 1.85. The van der Waals surface area contributed by atoms with E-state index in [1.807, 2.05) is 19.1 Å². The fourth-order valence-electron chi connectivity index (χ4n) is 2.94. The summed E-state index contributed by atoms with van der Waals surface area (Å²) in [6.45, 7) is 11.0. The predicted octanol–water partition coefficient (Wildman–Crippen LogP) is 2.94. The minimum atomic E-state index is 0.112. The second-order valence-electron chi connectivity index (χ2n) is 6.90. The fourth-order valence-corrected chi connectivity index (χ4v) is 2.94. The Kier molecular flexibility index (Phi) is 4.02. The van der Waals surface area contributed by atoms with Crippen molar-refractivity contribution in [3.8, 4) is 0 Å². The van der Waals surface area contributed by atoms with E-state index in [2.05, 4.69) is 30.7 Å². The molecule has 1 aliphatic heterocycles. The van der Waals surface area contributed by atoms with Gasteiger partial charge in [-0.15, -0.1) is 0 Å². The first-order valence-electron chi connectivity index (χ1n) is 7.35. The van der Waals surface area contributed by atoms with E-state index in [-0.39, 0.29) is 5.84 Å². The summed E-state index contributed by atoms with van der Waals surface area (Å²) in [6.07, 6.45) is 2.41. The van der Waals surface area contributed by atoms with Crippen LogP contribution in [-0.2, 0) is 0 Å². The molecule has 0 bridgehead atoms. The Hall–Kier alpha value is -1.58. The molecular weight excluding hydrogens is 248 g/mol. The smallest absolute Gasteiger partial charge is 0.129 e. The van der Waals surface area contributed by atoms with E-state index in [0.717, 1.165) is 36.1 Å². The van der Waals surface area contributed by atoms with E-state index < -0.39 is 0 Å². The van der Waals surface area contributed by atoms with Gasteiger partial charge in [0, 0.05) is 24.3 Å². The molecular formula is C16H26N4. The largest absolute Gasteiger partial charge is 0.384 e. The molecule has 1 fully saturated rings. The Morgan fingerprint density at radius 1 is 1.30 bits per heavy atom. The van der Waals surface area contributed by atoms with Crippen molar-refractivity contribution < 1.29 is 0 Å². The number of hydrogen-bond donors (Lipinski definition) is 2. The highest BCUT2D eigenvalue weighted by molar-refractivity contribution is 5.95. The molecule has 0 amide bonds. The van der Waals surface area contributed by atoms with Gasteiger partial charge in [0.25, 0.3) is 0 Å². The highest BCUT2D eigenvalue weighted by atomic mass is 15.2. The zero-order valence-corrected chi connectivity index (χ0v) is 13.0. The van der Waals surface area contributed by atoms with Crippen molar-refractivity contribution >= 4 is 11.7 Å². The SMILES string of the molecule is Cc1cc(C(=N)N)cc(N2CCC(C(C)(C)C)CC2)n1. The van der Waals surface area contributed by atoms with Crippen molar-refractivity contribution in [2.24, 2.45) is 17.1 Å². The highest BCUT2D eigenvalue weighted by Crippen LogP contribution is 2.35. The van der Waals surface area contributed by atoms with Crippen LogP contribution in [-0.4, -0.2) is 23.9 Å². The first-order chi connectivity index (χ1) is 9.27. The molecule has 3 N–H and O–H groups in total. The van der Waals surface area contributed by atoms with E-state index in [4.69, 9.17) is 11.1 Å². The molecule has 0 saturated carbocycles. The Labute approximate surface area is 121 Å². The van der Waals surface area contributed by atoms with Crippen molar-refractivity contribution in [1.82, 2.24) is 4.98 Å². The van der Waals surface area contributed by atoms with Gasteiger partial charge >= 0.3 is 0 Å². The number of piperidine rings is 1. The molecule has 4 nitrogen and oxygen atoms in total. The molecule has 20 heavy (non-hydrogen) atoms. The minimum Gasteiger partial charge on any atom is -0.384 e. The number of nitrogens with two attached hydrogens (primary N) is 1. The van der Waals surface area contributed by atoms with Gasteiger partial charge in [-0.2, -0.15) is 0 Å². The lowest BCUT2D eigenvalue weighted by atomic mass is 9.75. The molecule has 1 saturated heterocycles. The summed E-state index contributed by atoms with van der Waals surface area (Å²) in [7, 11) is 0. The molecule has 0 radical (unpaired) electrons. The Morgan fingerprint density at radius 2 is 1.90 bits per heavy atom. The lowest BCUT2D eigenvalue weighted by Gasteiger charge is -2.39. The number of hydrogen-bond acceptors (Lipinski definition) is 3. The van der Waals surface area contributed by atoms with Gasteiger partial charge in [0.2, 0.25) is 0 Å². The van der Waals surface area contributed by atoms with Crippen LogP contribution in [0.5, 0.6) is 0 Å². The van der Waals surface area contributed by atoms with Crippen LogP contribution < -0.4 is 10.6 Å². The second kappa shape index (κ2) is 5.43. The molecule has 0 aliphatic carbocycles. The topological polar surface area (TPSA) is 66.0 Å². The van der Waals surface area contributed by atoms with Gasteiger partial charge in [0.1, 0.15) is 11.7 Å². The Morgan fingerprint density at radius 3 is 2.40 bits per heavy atom. The zero-order chi connectivity index (χ0) is 14.9. The fraction of sp³-hybridized carbons (Fsp3) is 0.625. The van der Waals surface area contributed by atoms with Crippen LogP contribution in [0.1, 0.15) is 44.9 Å². The van der Waals surface area contributed by atoms with E-state index >= 15 is 0 Å². The van der Waals surface area contributed by atoms with Gasteiger partial charge in [-0.25, -0.2) is 4.98 Å². The summed E-state index contributed by atoms with van der Waals surface area (Å²) in [5.41, 5.74) is 7.67. The van der Waals surface area contributed by atoms with Crippen LogP contribution in [0.25, 0.3) is 0 Å². The molecule has 1 aromatic heterocycles. The number of nitrogens with zero attached hydrogens (tertiary/aromatic N) is 2. The van der Waals surface area contributed by atoms with Crippen molar-refractivity contribution in [2.45, 2.75) is 40.5 Å². The van der Waals surface area contributed by atoms with Crippen LogP contribution >= 0.6 is 0 Å². The maximum Gasteiger partial charge on any atom is 0.129 e. The van der Waals surface area contributed by atoms with Crippen LogP contribution in [0.4, 0.5) is 5.82 Å². The van der Waals surface area contributed by atoms with E-state index in [1.165, 1.54) is 12.8 Å². The number of rotatable bonds is 2. The van der Waals surface area contributed by atoms with Crippen molar-refractivity contribution in [3.05, 3.63) is 23.4 Å². The van der Waals surface area contributed by atoms with E-state index in [0.29, 0.717) is 5.41 Å². The maximum atomic E-state index is 7.59. The molecule has 0 atom stereocenters. The van der Waals surface area contributed by atoms with E-state index in [9.17, 15) is 0 Å². The van der Waals surface area contributed by atoms with Gasteiger partial charge in [-0.3, -0.25) is 5.41 Å². The first-order valence-corrected chi connectivity index (χ1v) is 7.35. The van der Waals surface area contributed by atoms with Crippen LogP contribution in [0.2, 0.25) is 0 Å². The van der Waals surface area contributed by atoms with Gasteiger partial charge < -0.3 is 10.6 Å². The second-order valence-corrected chi connectivity index (χ2v) is 6.90. The van der Waals surface area contributed by atoms with Crippen LogP contribution in [0, 0.1) is 23.7 Å². The molecule has 0 spiro atoms. The summed E-state index contributed by atoms with van der Waals surface area (Å²) in [4.78, 5) is 6.92. The standard InChI is InChI=1S/C16H26N4/c1-11-9-12(15(17)18)10-14(19-11)20-7-5-13(6-8-20)16(2,3)4/h9-10,13H,5-8H2,1-4H3,(H3,17,18). The highest BCUT2D eigenvalue weighted by Gasteiger charge is 2.29. The molecule has 0 unspecified atom stereocenters. The average molecular weight is 274 g/mol. The Balaban J connectivity index is 2.13. The normalized spacial score (nSPS) is 17.3. The number of pyridine rings is 1. The van der Waals surface area contributed by atoms with E-state index in [1.54, 1.807) is 0 Å². The van der Waals surface area contributed by atoms with Gasteiger partial charge in [0.15, 0.2) is 0 Å². The molecule has 110 valence electrons. The monoisotopic (exact) mass is 274 g/mol. The van der Waals surface area contributed by atoms with Crippen molar-refractivity contribution in [3.63, 3.8) is 0 Å². The first kappa shape index (κ1) is 14.8. The summed E-state index contributed by atoms with van der Waals surface area (Å²) in [5, 5.41) is 7.59. The minimum absolute atomic E-state index is 0.112. The van der Waals surface area contributed by atoms with Gasteiger partial charge in [-0.05, 0) is 43.2 Å². The summed E-state index contributed by atoms with van der Waals surface area (Å²) < 4.78 is 0. The van der Waals surface area contributed by atoms with Crippen LogP contribution in [0.3, 0.4) is 0 Å². The third-order valence-electron chi connectivity index (χ3n) is 4.29.